The summed E-state index contributed by atoms with van der Waals surface area (Å²) in [5.74, 6) is 0. The average Bonchev–Trinajstić information content (AvgIpc) is 2.49. The Morgan fingerprint density at radius 2 is 1.73 bits per heavy atom. The van der Waals surface area contributed by atoms with Crippen molar-refractivity contribution in [2.24, 2.45) is 0 Å². The highest BCUT2D eigenvalue weighted by molar-refractivity contribution is 9.10. The van der Waals surface area contributed by atoms with Crippen molar-refractivity contribution in [1.82, 2.24) is 9.80 Å². The quantitative estimate of drug-likeness (QED) is 0.813. The molecule has 2 atom stereocenters. The number of nitrogens with zero attached hydrogens (tertiary/aromatic N) is 2. The number of rotatable bonds is 3. The molecule has 0 N–H and O–H groups in total. The molecule has 4 heteroatoms. The lowest BCUT2D eigenvalue weighted by atomic mass is 10.0. The summed E-state index contributed by atoms with van der Waals surface area (Å²) < 4.78 is 7.09. The van der Waals surface area contributed by atoms with Crippen LogP contribution in [-0.4, -0.2) is 54.2 Å². The van der Waals surface area contributed by atoms with E-state index >= 15 is 0 Å². The van der Waals surface area contributed by atoms with E-state index in [9.17, 15) is 0 Å². The first-order valence-electron chi connectivity index (χ1n) is 8.47. The summed E-state index contributed by atoms with van der Waals surface area (Å²) in [6, 6.07) is 9.31. The minimum absolute atomic E-state index is 0.377. The van der Waals surface area contributed by atoms with Crippen LogP contribution < -0.4 is 0 Å². The van der Waals surface area contributed by atoms with Gasteiger partial charge in [-0.15, -0.1) is 0 Å². The second-order valence-corrected chi connectivity index (χ2v) is 7.66. The van der Waals surface area contributed by atoms with Crippen LogP contribution in [-0.2, 0) is 11.3 Å². The van der Waals surface area contributed by atoms with Gasteiger partial charge in [0.25, 0.3) is 0 Å². The highest BCUT2D eigenvalue weighted by atomic mass is 79.9. The third-order valence-electron chi connectivity index (χ3n) is 4.87. The zero-order chi connectivity index (χ0) is 15.5. The monoisotopic (exact) mass is 366 g/mol. The molecule has 0 spiro atoms. The predicted octanol–water partition coefficient (Wildman–Crippen LogP) is 3.52. The Balaban J connectivity index is 1.51. The molecule has 2 aliphatic heterocycles. The van der Waals surface area contributed by atoms with E-state index in [1.807, 2.05) is 0 Å². The summed E-state index contributed by atoms with van der Waals surface area (Å²) in [5, 5.41) is 0. The lowest BCUT2D eigenvalue weighted by molar-refractivity contribution is -0.0865. The van der Waals surface area contributed by atoms with Crippen molar-refractivity contribution in [2.75, 3.05) is 26.2 Å². The number of morpholine rings is 1. The van der Waals surface area contributed by atoms with Gasteiger partial charge in [0, 0.05) is 30.1 Å². The van der Waals surface area contributed by atoms with E-state index in [1.54, 1.807) is 0 Å². The normalized spacial score (nSPS) is 28.9. The number of likely N-dealkylation sites (tertiary alicyclic amines) is 1. The van der Waals surface area contributed by atoms with Crippen LogP contribution >= 0.6 is 15.9 Å². The molecule has 0 aromatic heterocycles. The number of benzene rings is 1. The molecule has 0 amide bonds. The molecule has 2 saturated heterocycles. The van der Waals surface area contributed by atoms with Gasteiger partial charge in [0.15, 0.2) is 0 Å². The maximum Gasteiger partial charge on any atom is 0.0678 e. The fraction of sp³-hybridized carbons (Fsp3) is 0.667. The molecule has 0 aliphatic carbocycles. The minimum atomic E-state index is 0.377. The van der Waals surface area contributed by atoms with Crippen molar-refractivity contribution in [3.8, 4) is 0 Å². The van der Waals surface area contributed by atoms with E-state index in [2.05, 4.69) is 63.8 Å². The highest BCUT2D eigenvalue weighted by Gasteiger charge is 2.30. The van der Waals surface area contributed by atoms with Crippen LogP contribution in [0.2, 0.25) is 0 Å². The zero-order valence-corrected chi connectivity index (χ0v) is 15.3. The highest BCUT2D eigenvalue weighted by Crippen LogP contribution is 2.24. The Hall–Kier alpha value is -0.420. The Labute approximate surface area is 142 Å². The van der Waals surface area contributed by atoms with Crippen LogP contribution in [0.25, 0.3) is 0 Å². The molecule has 1 aromatic rings. The van der Waals surface area contributed by atoms with Gasteiger partial charge < -0.3 is 4.74 Å². The van der Waals surface area contributed by atoms with E-state index in [4.69, 9.17) is 4.74 Å². The third-order valence-corrected chi connectivity index (χ3v) is 5.65. The van der Waals surface area contributed by atoms with Gasteiger partial charge in [-0.1, -0.05) is 34.1 Å². The summed E-state index contributed by atoms with van der Waals surface area (Å²) >= 11 is 3.66. The summed E-state index contributed by atoms with van der Waals surface area (Å²) in [5.41, 5.74) is 1.40. The first-order valence-corrected chi connectivity index (χ1v) is 9.26. The molecule has 22 heavy (non-hydrogen) atoms. The summed E-state index contributed by atoms with van der Waals surface area (Å²) in [6.45, 7) is 10.1. The number of hydrogen-bond acceptors (Lipinski definition) is 3. The zero-order valence-electron chi connectivity index (χ0n) is 13.7. The van der Waals surface area contributed by atoms with Crippen molar-refractivity contribution in [2.45, 2.75) is 51.5 Å². The van der Waals surface area contributed by atoms with Crippen molar-refractivity contribution < 1.29 is 4.74 Å². The molecule has 0 bridgehead atoms. The molecule has 2 aliphatic rings. The fourth-order valence-corrected chi connectivity index (χ4v) is 4.24. The standard InChI is InChI=1S/C18H27BrN2O/c1-14-11-21(12-15(2)22-14)17-7-9-20(10-8-17)13-16-5-3-4-6-18(16)19/h3-6,14-15,17H,7-13H2,1-2H3. The van der Waals surface area contributed by atoms with Gasteiger partial charge in [0.1, 0.15) is 0 Å². The molecule has 2 unspecified atom stereocenters. The van der Waals surface area contributed by atoms with Crippen LogP contribution in [0.1, 0.15) is 32.3 Å². The van der Waals surface area contributed by atoms with E-state index in [0.717, 1.165) is 25.7 Å². The first kappa shape index (κ1) is 16.4. The average molecular weight is 367 g/mol. The smallest absolute Gasteiger partial charge is 0.0678 e. The third kappa shape index (κ3) is 4.10. The maximum atomic E-state index is 5.86. The molecule has 1 aromatic carbocycles. The summed E-state index contributed by atoms with van der Waals surface area (Å²) in [6.07, 6.45) is 3.32. The Morgan fingerprint density at radius 3 is 2.36 bits per heavy atom. The van der Waals surface area contributed by atoms with Gasteiger partial charge in [0.05, 0.1) is 12.2 Å². The Kier molecular flexibility index (Phi) is 5.55. The van der Waals surface area contributed by atoms with Gasteiger partial charge in [0.2, 0.25) is 0 Å². The van der Waals surface area contributed by atoms with E-state index < -0.39 is 0 Å². The van der Waals surface area contributed by atoms with E-state index in [1.165, 1.54) is 36.0 Å². The molecule has 3 rings (SSSR count). The topological polar surface area (TPSA) is 15.7 Å². The van der Waals surface area contributed by atoms with Gasteiger partial charge in [-0.25, -0.2) is 0 Å². The second kappa shape index (κ2) is 7.43. The van der Waals surface area contributed by atoms with Crippen LogP contribution in [0.5, 0.6) is 0 Å². The van der Waals surface area contributed by atoms with E-state index in [0.29, 0.717) is 12.2 Å². The molecule has 2 heterocycles. The van der Waals surface area contributed by atoms with Gasteiger partial charge >= 0.3 is 0 Å². The lowest BCUT2D eigenvalue weighted by Crippen LogP contribution is -2.53. The number of ether oxygens (including phenoxy) is 1. The molecule has 2 fully saturated rings. The van der Waals surface area contributed by atoms with Crippen LogP contribution in [0.3, 0.4) is 0 Å². The molecule has 0 radical (unpaired) electrons. The Bertz CT molecular complexity index is 478. The van der Waals surface area contributed by atoms with Crippen molar-refractivity contribution >= 4 is 15.9 Å². The van der Waals surface area contributed by atoms with Gasteiger partial charge in [-0.3, -0.25) is 9.80 Å². The molecule has 122 valence electrons. The van der Waals surface area contributed by atoms with Crippen LogP contribution in [0.4, 0.5) is 0 Å². The van der Waals surface area contributed by atoms with Gasteiger partial charge in [-0.05, 0) is 51.4 Å². The maximum absolute atomic E-state index is 5.86. The van der Waals surface area contributed by atoms with Crippen LogP contribution in [0, 0.1) is 0 Å². The lowest BCUT2D eigenvalue weighted by Gasteiger charge is -2.43. The fourth-order valence-electron chi connectivity index (χ4n) is 3.83. The summed E-state index contributed by atoms with van der Waals surface area (Å²) in [7, 11) is 0. The minimum Gasteiger partial charge on any atom is -0.373 e. The first-order chi connectivity index (χ1) is 10.6. The van der Waals surface area contributed by atoms with Crippen molar-refractivity contribution in [3.63, 3.8) is 0 Å². The number of hydrogen-bond donors (Lipinski definition) is 0. The molecular formula is C18H27BrN2O. The Morgan fingerprint density at radius 1 is 1.09 bits per heavy atom. The van der Waals surface area contributed by atoms with Crippen molar-refractivity contribution in [1.29, 1.82) is 0 Å². The second-order valence-electron chi connectivity index (χ2n) is 6.81. The number of piperidine rings is 1. The number of halogens is 1. The van der Waals surface area contributed by atoms with Crippen LogP contribution in [0.15, 0.2) is 28.7 Å². The molecule has 3 nitrogen and oxygen atoms in total. The molecule has 0 saturated carbocycles. The van der Waals surface area contributed by atoms with Gasteiger partial charge in [-0.2, -0.15) is 0 Å². The largest absolute Gasteiger partial charge is 0.373 e. The van der Waals surface area contributed by atoms with E-state index in [-0.39, 0.29) is 0 Å². The summed E-state index contributed by atoms with van der Waals surface area (Å²) in [4.78, 5) is 5.25. The SMILES string of the molecule is CC1CN(C2CCN(Cc3ccccc3Br)CC2)CC(C)O1. The predicted molar refractivity (Wildman–Crippen MR) is 94.0 cm³/mol. The van der Waals surface area contributed by atoms with Crippen molar-refractivity contribution in [3.05, 3.63) is 34.3 Å². The molecular weight excluding hydrogens is 340 g/mol.